The third kappa shape index (κ3) is 3.36. The number of likely N-dealkylation sites (tertiary alicyclic amines) is 2. The van der Waals surface area contributed by atoms with Crippen molar-refractivity contribution >= 4 is 12.0 Å². The summed E-state index contributed by atoms with van der Waals surface area (Å²) in [6.07, 6.45) is 3.37. The monoisotopic (exact) mass is 271 g/mol. The van der Waals surface area contributed by atoms with Crippen LogP contribution in [0.15, 0.2) is 0 Å². The molecule has 19 heavy (non-hydrogen) atoms. The molecule has 2 fully saturated rings. The van der Waals surface area contributed by atoms with Gasteiger partial charge in [-0.25, -0.2) is 9.59 Å². The lowest BCUT2D eigenvalue weighted by molar-refractivity contribution is -0.140. The minimum absolute atomic E-state index is 0.394. The Hall–Kier alpha value is -1.34. The number of aliphatic carboxylic acids is 1. The van der Waals surface area contributed by atoms with Crippen molar-refractivity contribution in [2.75, 3.05) is 32.8 Å². The number of carboxylic acid groups (broad SMARTS) is 1. The highest BCUT2D eigenvalue weighted by Crippen LogP contribution is 2.20. The van der Waals surface area contributed by atoms with Gasteiger partial charge in [-0.3, -0.25) is 4.90 Å². The highest BCUT2D eigenvalue weighted by atomic mass is 16.4. The van der Waals surface area contributed by atoms with Crippen LogP contribution in [0.5, 0.6) is 0 Å². The van der Waals surface area contributed by atoms with E-state index in [1.807, 2.05) is 0 Å². The number of rotatable bonds is 4. The van der Waals surface area contributed by atoms with E-state index in [9.17, 15) is 9.59 Å². The lowest BCUT2D eigenvalue weighted by Gasteiger charge is -2.24. The molecule has 0 aromatic carbocycles. The highest BCUT2D eigenvalue weighted by Gasteiger charge is 2.32. The molecule has 2 saturated heterocycles. The third-order valence-electron chi connectivity index (χ3n) is 3.89. The van der Waals surface area contributed by atoms with Gasteiger partial charge in [0.15, 0.2) is 6.04 Å². The first-order valence-corrected chi connectivity index (χ1v) is 6.75. The molecule has 2 aliphatic rings. The average molecular weight is 271 g/mol. The van der Waals surface area contributed by atoms with Crippen LogP contribution in [0.2, 0.25) is 0 Å². The van der Waals surface area contributed by atoms with E-state index in [0.717, 1.165) is 19.5 Å². The van der Waals surface area contributed by atoms with E-state index in [2.05, 4.69) is 10.2 Å². The number of carboxylic acids is 1. The topological polar surface area (TPSA) is 93.1 Å². The summed E-state index contributed by atoms with van der Waals surface area (Å²) in [5.74, 6) is -1.22. The molecule has 2 heterocycles. The molecule has 2 aliphatic heterocycles. The van der Waals surface area contributed by atoms with E-state index in [0.29, 0.717) is 19.1 Å². The van der Waals surface area contributed by atoms with Crippen molar-refractivity contribution in [3.05, 3.63) is 0 Å². The van der Waals surface area contributed by atoms with Gasteiger partial charge in [0.25, 0.3) is 0 Å². The van der Waals surface area contributed by atoms with Crippen molar-refractivity contribution in [1.29, 1.82) is 0 Å². The van der Waals surface area contributed by atoms with Crippen molar-refractivity contribution in [3.8, 4) is 0 Å². The smallest absolute Gasteiger partial charge is 0.328 e. The summed E-state index contributed by atoms with van der Waals surface area (Å²) in [5, 5.41) is 20.0. The Morgan fingerprint density at radius 3 is 2.53 bits per heavy atom. The van der Waals surface area contributed by atoms with Crippen molar-refractivity contribution in [2.24, 2.45) is 0 Å². The maximum Gasteiger partial charge on any atom is 0.328 e. The van der Waals surface area contributed by atoms with Crippen LogP contribution in [-0.4, -0.2) is 76.9 Å². The predicted octanol–water partition coefficient (Wildman–Crippen LogP) is -0.688. The molecule has 2 amide bonds. The summed E-state index contributed by atoms with van der Waals surface area (Å²) >= 11 is 0. The van der Waals surface area contributed by atoms with Crippen molar-refractivity contribution in [1.82, 2.24) is 15.1 Å². The Kier molecular flexibility index (Phi) is 4.60. The maximum absolute atomic E-state index is 11.9. The van der Waals surface area contributed by atoms with Gasteiger partial charge in [-0.15, -0.1) is 0 Å². The Balaban J connectivity index is 1.82. The molecule has 1 unspecified atom stereocenters. The molecule has 3 N–H and O–H groups in total. The van der Waals surface area contributed by atoms with E-state index in [1.165, 1.54) is 12.8 Å². The molecule has 7 heteroatoms. The van der Waals surface area contributed by atoms with Crippen molar-refractivity contribution < 1.29 is 19.8 Å². The second-order valence-electron chi connectivity index (χ2n) is 5.15. The second-order valence-corrected chi connectivity index (χ2v) is 5.15. The van der Waals surface area contributed by atoms with Crippen LogP contribution in [0.4, 0.5) is 4.79 Å². The van der Waals surface area contributed by atoms with Gasteiger partial charge < -0.3 is 20.4 Å². The average Bonchev–Trinajstić information content (AvgIpc) is 3.04. The van der Waals surface area contributed by atoms with Gasteiger partial charge in [0.2, 0.25) is 0 Å². The molecule has 0 aromatic heterocycles. The van der Waals surface area contributed by atoms with Crippen molar-refractivity contribution in [3.63, 3.8) is 0 Å². The summed E-state index contributed by atoms with van der Waals surface area (Å²) in [6.45, 7) is 2.88. The van der Waals surface area contributed by atoms with Crippen LogP contribution in [-0.2, 0) is 4.79 Å². The zero-order chi connectivity index (χ0) is 13.8. The van der Waals surface area contributed by atoms with Crippen LogP contribution in [0, 0.1) is 0 Å². The standard InChI is InChI=1S/C12H21N3O4/c16-8-10(11(17)18)13-12(19)15-6-3-9(7-15)14-4-1-2-5-14/h9-10,16H,1-8H2,(H,13,19)(H,17,18)/t9?,10-/m1/s1. The molecule has 7 nitrogen and oxygen atoms in total. The molecule has 0 aliphatic carbocycles. The number of hydrogen-bond acceptors (Lipinski definition) is 4. The van der Waals surface area contributed by atoms with Gasteiger partial charge in [-0.05, 0) is 32.4 Å². The summed E-state index contributed by atoms with van der Waals surface area (Å²) in [6, 6.07) is -1.23. The molecular formula is C12H21N3O4. The highest BCUT2D eigenvalue weighted by molar-refractivity contribution is 5.82. The Labute approximate surface area is 112 Å². The number of nitrogens with one attached hydrogen (secondary N) is 1. The molecule has 0 saturated carbocycles. The van der Waals surface area contributed by atoms with Crippen LogP contribution >= 0.6 is 0 Å². The first-order valence-electron chi connectivity index (χ1n) is 6.75. The largest absolute Gasteiger partial charge is 0.480 e. The van der Waals surface area contributed by atoms with Gasteiger partial charge in [-0.2, -0.15) is 0 Å². The normalized spacial score (nSPS) is 25.5. The molecule has 108 valence electrons. The molecule has 0 bridgehead atoms. The summed E-state index contributed by atoms with van der Waals surface area (Å²) < 4.78 is 0. The molecule has 0 spiro atoms. The fourth-order valence-corrected chi connectivity index (χ4v) is 2.76. The summed E-state index contributed by atoms with van der Waals surface area (Å²) in [7, 11) is 0. The Morgan fingerprint density at radius 1 is 1.26 bits per heavy atom. The summed E-state index contributed by atoms with van der Waals surface area (Å²) in [5.41, 5.74) is 0. The lowest BCUT2D eigenvalue weighted by atomic mass is 10.2. The first-order chi connectivity index (χ1) is 9.11. The van der Waals surface area contributed by atoms with E-state index in [-0.39, 0.29) is 0 Å². The van der Waals surface area contributed by atoms with Crippen LogP contribution < -0.4 is 5.32 Å². The molecular weight excluding hydrogens is 250 g/mol. The third-order valence-corrected chi connectivity index (χ3v) is 3.89. The van der Waals surface area contributed by atoms with E-state index < -0.39 is 24.6 Å². The number of amides is 2. The number of carbonyl (C=O) groups is 2. The van der Waals surface area contributed by atoms with E-state index in [4.69, 9.17) is 10.2 Å². The van der Waals surface area contributed by atoms with Crippen LogP contribution in [0.1, 0.15) is 19.3 Å². The number of carbonyl (C=O) groups excluding carboxylic acids is 1. The first kappa shape index (κ1) is 14.1. The number of hydrogen-bond donors (Lipinski definition) is 3. The zero-order valence-corrected chi connectivity index (χ0v) is 10.9. The van der Waals surface area contributed by atoms with E-state index >= 15 is 0 Å². The Bertz CT molecular complexity index is 344. The van der Waals surface area contributed by atoms with Gasteiger partial charge in [0.1, 0.15) is 0 Å². The molecule has 0 radical (unpaired) electrons. The number of urea groups is 1. The fraction of sp³-hybridized carbons (Fsp3) is 0.833. The maximum atomic E-state index is 11.9. The van der Waals surface area contributed by atoms with Crippen LogP contribution in [0.3, 0.4) is 0 Å². The van der Waals surface area contributed by atoms with Gasteiger partial charge in [0, 0.05) is 19.1 Å². The molecule has 0 aromatic rings. The second kappa shape index (κ2) is 6.21. The number of aliphatic hydroxyl groups is 1. The number of aliphatic hydroxyl groups excluding tert-OH is 1. The van der Waals surface area contributed by atoms with Gasteiger partial charge >= 0.3 is 12.0 Å². The summed E-state index contributed by atoms with van der Waals surface area (Å²) in [4.78, 5) is 26.7. The van der Waals surface area contributed by atoms with Crippen LogP contribution in [0.25, 0.3) is 0 Å². The minimum atomic E-state index is -1.22. The number of nitrogens with zero attached hydrogens (tertiary/aromatic N) is 2. The van der Waals surface area contributed by atoms with Crippen molar-refractivity contribution in [2.45, 2.75) is 31.3 Å². The Morgan fingerprint density at radius 2 is 1.95 bits per heavy atom. The fourth-order valence-electron chi connectivity index (χ4n) is 2.76. The minimum Gasteiger partial charge on any atom is -0.480 e. The predicted molar refractivity (Wildman–Crippen MR) is 67.8 cm³/mol. The molecule has 2 atom stereocenters. The SMILES string of the molecule is O=C(O)[C@@H](CO)NC(=O)N1CCC(N2CCCC2)C1. The molecule has 2 rings (SSSR count). The van der Waals surface area contributed by atoms with Gasteiger partial charge in [-0.1, -0.05) is 0 Å². The van der Waals surface area contributed by atoms with E-state index in [1.54, 1.807) is 4.90 Å². The quantitative estimate of drug-likeness (QED) is 0.629. The zero-order valence-electron chi connectivity index (χ0n) is 10.9. The lowest BCUT2D eigenvalue weighted by Crippen LogP contribution is -2.49. The van der Waals surface area contributed by atoms with Gasteiger partial charge in [0.05, 0.1) is 6.61 Å².